The number of benzene rings is 1. The number of rotatable bonds is 9. The molecule has 0 aliphatic heterocycles. The third-order valence-corrected chi connectivity index (χ3v) is 5.08. The van der Waals surface area contributed by atoms with Gasteiger partial charge in [-0.2, -0.15) is 0 Å². The predicted molar refractivity (Wildman–Crippen MR) is 106 cm³/mol. The standard InChI is InChI=1S/C20H26N2O4S/c1-11(2)5-16(19(23)24)22-17(20(25)26)9-15-10-27-18(21-15)14-7-12(3)6-13(4)8-14/h6-8,10-11,16-17,22H,5,9H2,1-4H3,(H,23,24)(H,25,26)/t16-,17-/m0/s1. The summed E-state index contributed by atoms with van der Waals surface area (Å²) in [6.45, 7) is 7.86. The number of nitrogens with zero attached hydrogens (tertiary/aromatic N) is 1. The molecule has 2 atom stereocenters. The molecule has 0 bridgehead atoms. The van der Waals surface area contributed by atoms with E-state index in [1.165, 1.54) is 11.3 Å². The number of carbonyl (C=O) groups is 2. The zero-order valence-electron chi connectivity index (χ0n) is 16.0. The van der Waals surface area contributed by atoms with Crippen molar-refractivity contribution in [3.63, 3.8) is 0 Å². The second-order valence-corrected chi connectivity index (χ2v) is 8.16. The zero-order valence-corrected chi connectivity index (χ0v) is 16.8. The van der Waals surface area contributed by atoms with Gasteiger partial charge in [0.15, 0.2) is 0 Å². The average molecular weight is 391 g/mol. The number of carboxylic acid groups (broad SMARTS) is 2. The second kappa shape index (κ2) is 9.10. The Labute approximate surface area is 163 Å². The third-order valence-electron chi connectivity index (χ3n) is 4.14. The molecule has 1 aromatic heterocycles. The van der Waals surface area contributed by atoms with Crippen LogP contribution in [0.5, 0.6) is 0 Å². The SMILES string of the molecule is Cc1cc(C)cc(-c2nc(C[C@H](N[C@@H](CC(C)C)C(=O)O)C(=O)O)cs2)c1. The lowest BCUT2D eigenvalue weighted by atomic mass is 10.0. The van der Waals surface area contributed by atoms with Crippen LogP contribution in [0.15, 0.2) is 23.6 Å². The van der Waals surface area contributed by atoms with Gasteiger partial charge < -0.3 is 10.2 Å². The summed E-state index contributed by atoms with van der Waals surface area (Å²) >= 11 is 1.46. The number of thiazole rings is 1. The van der Waals surface area contributed by atoms with E-state index in [4.69, 9.17) is 0 Å². The molecule has 0 unspecified atom stereocenters. The van der Waals surface area contributed by atoms with Gasteiger partial charge in [0.2, 0.25) is 0 Å². The highest BCUT2D eigenvalue weighted by atomic mass is 32.1. The minimum absolute atomic E-state index is 0.137. The van der Waals surface area contributed by atoms with Gasteiger partial charge in [-0.15, -0.1) is 11.3 Å². The van der Waals surface area contributed by atoms with E-state index >= 15 is 0 Å². The smallest absolute Gasteiger partial charge is 0.321 e. The molecule has 27 heavy (non-hydrogen) atoms. The van der Waals surface area contributed by atoms with Crippen LogP contribution in [0.4, 0.5) is 0 Å². The van der Waals surface area contributed by atoms with Crippen LogP contribution in [0, 0.1) is 19.8 Å². The first-order valence-electron chi connectivity index (χ1n) is 8.90. The van der Waals surface area contributed by atoms with Crippen molar-refractivity contribution >= 4 is 23.3 Å². The summed E-state index contributed by atoms with van der Waals surface area (Å²) in [4.78, 5) is 27.6. The monoisotopic (exact) mass is 390 g/mol. The summed E-state index contributed by atoms with van der Waals surface area (Å²) in [7, 11) is 0. The molecule has 1 heterocycles. The topological polar surface area (TPSA) is 99.5 Å². The third kappa shape index (κ3) is 6.15. The van der Waals surface area contributed by atoms with E-state index in [1.807, 2.05) is 45.2 Å². The molecule has 3 N–H and O–H groups in total. The Hall–Kier alpha value is -2.25. The summed E-state index contributed by atoms with van der Waals surface area (Å²) < 4.78 is 0. The van der Waals surface area contributed by atoms with E-state index in [0.717, 1.165) is 21.7 Å². The first kappa shape index (κ1) is 21.1. The van der Waals surface area contributed by atoms with E-state index in [9.17, 15) is 19.8 Å². The van der Waals surface area contributed by atoms with Crippen molar-refractivity contribution in [2.45, 2.75) is 52.6 Å². The lowest BCUT2D eigenvalue weighted by molar-refractivity contribution is -0.142. The highest BCUT2D eigenvalue weighted by molar-refractivity contribution is 7.13. The van der Waals surface area contributed by atoms with Crippen LogP contribution in [0.2, 0.25) is 0 Å². The van der Waals surface area contributed by atoms with E-state index < -0.39 is 24.0 Å². The van der Waals surface area contributed by atoms with Crippen LogP contribution in [0.25, 0.3) is 10.6 Å². The van der Waals surface area contributed by atoms with E-state index in [2.05, 4.69) is 16.4 Å². The van der Waals surface area contributed by atoms with Crippen LogP contribution in [-0.2, 0) is 16.0 Å². The van der Waals surface area contributed by atoms with E-state index in [0.29, 0.717) is 12.1 Å². The fourth-order valence-electron chi connectivity index (χ4n) is 3.01. The molecule has 0 aliphatic rings. The maximum absolute atomic E-state index is 11.6. The minimum atomic E-state index is -1.08. The largest absolute Gasteiger partial charge is 0.480 e. The van der Waals surface area contributed by atoms with Gasteiger partial charge in [-0.25, -0.2) is 4.98 Å². The highest BCUT2D eigenvalue weighted by Gasteiger charge is 2.27. The molecule has 0 radical (unpaired) electrons. The number of hydrogen-bond acceptors (Lipinski definition) is 5. The van der Waals surface area contributed by atoms with E-state index in [1.54, 1.807) is 0 Å². The molecule has 0 aliphatic carbocycles. The average Bonchev–Trinajstić information content (AvgIpc) is 3.00. The van der Waals surface area contributed by atoms with Crippen LogP contribution in [-0.4, -0.2) is 39.2 Å². The van der Waals surface area contributed by atoms with Gasteiger partial charge in [-0.05, 0) is 38.3 Å². The molecule has 0 saturated heterocycles. The fourth-order valence-corrected chi connectivity index (χ4v) is 3.83. The second-order valence-electron chi connectivity index (χ2n) is 7.30. The highest BCUT2D eigenvalue weighted by Crippen LogP contribution is 2.26. The molecule has 0 spiro atoms. The van der Waals surface area contributed by atoms with Crippen LogP contribution >= 0.6 is 11.3 Å². The molecule has 0 saturated carbocycles. The Bertz CT molecular complexity index is 796. The van der Waals surface area contributed by atoms with Crippen molar-refractivity contribution in [1.82, 2.24) is 10.3 Å². The molecule has 146 valence electrons. The fraction of sp³-hybridized carbons (Fsp3) is 0.450. The number of hydrogen-bond donors (Lipinski definition) is 3. The molecule has 6 nitrogen and oxygen atoms in total. The molecular formula is C20H26N2O4S. The maximum atomic E-state index is 11.6. The first-order chi connectivity index (χ1) is 12.7. The molecule has 2 rings (SSSR count). The lowest BCUT2D eigenvalue weighted by Gasteiger charge is -2.21. The van der Waals surface area contributed by atoms with Gasteiger partial charge >= 0.3 is 11.9 Å². The Morgan fingerprint density at radius 2 is 1.67 bits per heavy atom. The summed E-state index contributed by atoms with van der Waals surface area (Å²) in [5, 5.41) is 24.3. The normalized spacial score (nSPS) is 13.5. The number of carboxylic acids is 2. The lowest BCUT2D eigenvalue weighted by Crippen LogP contribution is -2.48. The summed E-state index contributed by atoms with van der Waals surface area (Å²) in [5.74, 6) is -1.97. The Morgan fingerprint density at radius 3 is 2.19 bits per heavy atom. The zero-order chi connectivity index (χ0) is 20.1. The van der Waals surface area contributed by atoms with Crippen molar-refractivity contribution in [1.29, 1.82) is 0 Å². The summed E-state index contributed by atoms with van der Waals surface area (Å²) in [6, 6.07) is 4.28. The number of nitrogens with one attached hydrogen (secondary N) is 1. The Morgan fingerprint density at radius 1 is 1.07 bits per heavy atom. The minimum Gasteiger partial charge on any atom is -0.480 e. The molecule has 0 amide bonds. The van der Waals surface area contributed by atoms with Gasteiger partial charge in [0.05, 0.1) is 5.69 Å². The Balaban J connectivity index is 2.16. The summed E-state index contributed by atoms with van der Waals surface area (Å²) in [6.07, 6.45) is 0.502. The molecular weight excluding hydrogens is 364 g/mol. The molecule has 2 aromatic rings. The van der Waals surface area contributed by atoms with Crippen LogP contribution < -0.4 is 5.32 Å². The number of aromatic nitrogens is 1. The molecule has 1 aromatic carbocycles. The van der Waals surface area contributed by atoms with Crippen molar-refractivity contribution in [3.05, 3.63) is 40.4 Å². The van der Waals surface area contributed by atoms with Gasteiger partial charge in [-0.1, -0.05) is 31.0 Å². The number of aliphatic carboxylic acids is 2. The molecule has 0 fully saturated rings. The van der Waals surface area contributed by atoms with Crippen molar-refractivity contribution < 1.29 is 19.8 Å². The summed E-state index contributed by atoms with van der Waals surface area (Å²) in [5.41, 5.74) is 3.93. The number of aryl methyl sites for hydroxylation is 2. The first-order valence-corrected chi connectivity index (χ1v) is 9.78. The van der Waals surface area contributed by atoms with Gasteiger partial charge in [-0.3, -0.25) is 14.9 Å². The quantitative estimate of drug-likeness (QED) is 0.606. The van der Waals surface area contributed by atoms with Crippen molar-refractivity contribution in [2.75, 3.05) is 0 Å². The van der Waals surface area contributed by atoms with Crippen LogP contribution in [0.1, 0.15) is 37.1 Å². The van der Waals surface area contributed by atoms with Gasteiger partial charge in [0.25, 0.3) is 0 Å². The Kier molecular flexibility index (Phi) is 7.10. The van der Waals surface area contributed by atoms with E-state index in [-0.39, 0.29) is 12.3 Å². The molecule has 7 heteroatoms. The van der Waals surface area contributed by atoms with Gasteiger partial charge in [0.1, 0.15) is 17.1 Å². The predicted octanol–water partition coefficient (Wildman–Crippen LogP) is 3.51. The van der Waals surface area contributed by atoms with Crippen LogP contribution in [0.3, 0.4) is 0 Å². The van der Waals surface area contributed by atoms with Crippen molar-refractivity contribution in [2.24, 2.45) is 5.92 Å². The maximum Gasteiger partial charge on any atom is 0.321 e. The van der Waals surface area contributed by atoms with Crippen molar-refractivity contribution in [3.8, 4) is 10.6 Å². The van der Waals surface area contributed by atoms with Gasteiger partial charge in [0, 0.05) is 17.4 Å².